The van der Waals surface area contributed by atoms with Crippen LogP contribution >= 0.6 is 0 Å². The van der Waals surface area contributed by atoms with Crippen LogP contribution in [0.15, 0.2) is 6.20 Å². The number of nitrogens with zero attached hydrogens (tertiary/aromatic N) is 4. The Kier molecular flexibility index (Phi) is 2.80. The quantitative estimate of drug-likeness (QED) is 0.677. The number of hydrogen-bond donors (Lipinski definition) is 1. The predicted octanol–water partition coefficient (Wildman–Crippen LogP) is -0.935. The number of carbonyl (C=O) groups excluding carboxylic acids is 1. The van der Waals surface area contributed by atoms with Gasteiger partial charge in [-0.15, -0.1) is 5.10 Å². The maximum absolute atomic E-state index is 11.2. The molecular weight excluding hydrogens is 188 g/mol. The third-order valence-corrected chi connectivity index (χ3v) is 1.53. The molecule has 1 N–H and O–H groups in total. The number of rotatable bonds is 3. The molecule has 1 aromatic rings. The minimum Gasteiger partial charge on any atom is -0.476 e. The predicted molar refractivity (Wildman–Crippen MR) is 45.7 cm³/mol. The van der Waals surface area contributed by atoms with E-state index < -0.39 is 5.97 Å². The molecule has 76 valence electrons. The average Bonchev–Trinajstić information content (AvgIpc) is 2.52. The fourth-order valence-corrected chi connectivity index (χ4v) is 0.734. The van der Waals surface area contributed by atoms with Crippen LogP contribution in [0.4, 0.5) is 0 Å². The maximum Gasteiger partial charge on any atom is 0.358 e. The van der Waals surface area contributed by atoms with Gasteiger partial charge in [0.15, 0.2) is 5.69 Å². The van der Waals surface area contributed by atoms with Crippen molar-refractivity contribution in [2.75, 3.05) is 14.1 Å². The lowest BCUT2D eigenvalue weighted by atomic mass is 10.5. The van der Waals surface area contributed by atoms with E-state index in [1.807, 2.05) is 0 Å². The van der Waals surface area contributed by atoms with Crippen molar-refractivity contribution in [3.05, 3.63) is 11.9 Å². The van der Waals surface area contributed by atoms with E-state index in [-0.39, 0.29) is 18.1 Å². The number of aromatic carboxylic acids is 1. The summed E-state index contributed by atoms with van der Waals surface area (Å²) in [6.07, 6.45) is 1.10. The van der Waals surface area contributed by atoms with Crippen LogP contribution in [0.25, 0.3) is 0 Å². The molecule has 7 nitrogen and oxygen atoms in total. The highest BCUT2D eigenvalue weighted by molar-refractivity contribution is 5.84. The summed E-state index contributed by atoms with van der Waals surface area (Å²) in [7, 11) is 3.20. The Bertz CT molecular complexity index is 358. The smallest absolute Gasteiger partial charge is 0.358 e. The Morgan fingerprint density at radius 3 is 2.64 bits per heavy atom. The molecule has 0 saturated heterocycles. The van der Waals surface area contributed by atoms with E-state index in [4.69, 9.17) is 5.11 Å². The van der Waals surface area contributed by atoms with Crippen molar-refractivity contribution in [1.29, 1.82) is 0 Å². The van der Waals surface area contributed by atoms with E-state index >= 15 is 0 Å². The molecule has 0 aliphatic carbocycles. The Hall–Kier alpha value is -1.92. The highest BCUT2D eigenvalue weighted by Crippen LogP contribution is 1.92. The standard InChI is InChI=1S/C7H10N4O3/c1-10(2)6(12)4-11-8-3-5(9-11)7(13)14/h3H,4H2,1-2H3,(H,13,14). The summed E-state index contributed by atoms with van der Waals surface area (Å²) in [6, 6.07) is 0. The van der Waals surface area contributed by atoms with Crippen molar-refractivity contribution in [3.63, 3.8) is 0 Å². The molecule has 0 unspecified atom stereocenters. The van der Waals surface area contributed by atoms with Gasteiger partial charge < -0.3 is 10.0 Å². The third-order valence-electron chi connectivity index (χ3n) is 1.53. The Morgan fingerprint density at radius 2 is 2.21 bits per heavy atom. The van der Waals surface area contributed by atoms with Gasteiger partial charge in [-0.25, -0.2) is 4.79 Å². The molecule has 0 radical (unpaired) electrons. The highest BCUT2D eigenvalue weighted by Gasteiger charge is 2.11. The normalized spacial score (nSPS) is 9.86. The molecule has 1 amide bonds. The van der Waals surface area contributed by atoms with Crippen LogP contribution in [0.2, 0.25) is 0 Å². The molecule has 0 spiro atoms. The Morgan fingerprint density at radius 1 is 1.57 bits per heavy atom. The van der Waals surface area contributed by atoms with Crippen LogP contribution in [0.1, 0.15) is 10.5 Å². The first kappa shape index (κ1) is 10.2. The molecule has 1 rings (SSSR count). The molecule has 1 aromatic heterocycles. The number of aromatic nitrogens is 3. The van der Waals surface area contributed by atoms with Crippen molar-refractivity contribution in [1.82, 2.24) is 19.9 Å². The second-order valence-corrected chi connectivity index (χ2v) is 2.85. The van der Waals surface area contributed by atoms with Crippen LogP contribution < -0.4 is 0 Å². The highest BCUT2D eigenvalue weighted by atomic mass is 16.4. The van der Waals surface area contributed by atoms with E-state index in [0.717, 1.165) is 11.0 Å². The van der Waals surface area contributed by atoms with Gasteiger partial charge >= 0.3 is 5.97 Å². The van der Waals surface area contributed by atoms with Gasteiger partial charge in [0, 0.05) is 14.1 Å². The Labute approximate surface area is 79.9 Å². The molecule has 0 atom stereocenters. The molecular formula is C7H10N4O3. The summed E-state index contributed by atoms with van der Waals surface area (Å²) in [5.74, 6) is -1.36. The molecule has 14 heavy (non-hydrogen) atoms. The van der Waals surface area contributed by atoms with Gasteiger partial charge in [-0.1, -0.05) is 0 Å². The van der Waals surface area contributed by atoms with Gasteiger partial charge in [-0.2, -0.15) is 9.90 Å². The van der Waals surface area contributed by atoms with Crippen molar-refractivity contribution >= 4 is 11.9 Å². The monoisotopic (exact) mass is 198 g/mol. The van der Waals surface area contributed by atoms with Gasteiger partial charge in [0.25, 0.3) is 0 Å². The first-order chi connectivity index (χ1) is 6.50. The van der Waals surface area contributed by atoms with E-state index in [1.165, 1.54) is 4.90 Å². The van der Waals surface area contributed by atoms with Gasteiger partial charge in [0.1, 0.15) is 6.54 Å². The lowest BCUT2D eigenvalue weighted by Crippen LogP contribution is -2.27. The zero-order valence-corrected chi connectivity index (χ0v) is 7.84. The van der Waals surface area contributed by atoms with Crippen LogP contribution in [0.5, 0.6) is 0 Å². The second-order valence-electron chi connectivity index (χ2n) is 2.85. The SMILES string of the molecule is CN(C)C(=O)Cn1ncc(C(=O)O)n1. The summed E-state index contributed by atoms with van der Waals surface area (Å²) in [5, 5.41) is 15.8. The van der Waals surface area contributed by atoms with E-state index in [1.54, 1.807) is 14.1 Å². The number of likely N-dealkylation sites (N-methyl/N-ethyl adjacent to an activating group) is 1. The molecule has 0 saturated carbocycles. The van der Waals surface area contributed by atoms with E-state index in [0.29, 0.717) is 0 Å². The number of carboxylic acid groups (broad SMARTS) is 1. The van der Waals surface area contributed by atoms with Crippen molar-refractivity contribution in [2.24, 2.45) is 0 Å². The van der Waals surface area contributed by atoms with E-state index in [9.17, 15) is 9.59 Å². The molecule has 0 aliphatic heterocycles. The zero-order chi connectivity index (χ0) is 10.7. The van der Waals surface area contributed by atoms with Gasteiger partial charge in [0.2, 0.25) is 5.91 Å². The second kappa shape index (κ2) is 3.86. The number of amides is 1. The van der Waals surface area contributed by atoms with Crippen LogP contribution in [0, 0.1) is 0 Å². The van der Waals surface area contributed by atoms with Crippen LogP contribution in [-0.2, 0) is 11.3 Å². The van der Waals surface area contributed by atoms with E-state index in [2.05, 4.69) is 10.2 Å². The van der Waals surface area contributed by atoms with Gasteiger partial charge in [0.05, 0.1) is 6.20 Å². The summed E-state index contributed by atoms with van der Waals surface area (Å²) in [5.41, 5.74) is -0.170. The molecule has 0 bridgehead atoms. The summed E-state index contributed by atoms with van der Waals surface area (Å²) in [4.78, 5) is 24.0. The van der Waals surface area contributed by atoms with Crippen molar-refractivity contribution in [3.8, 4) is 0 Å². The first-order valence-electron chi connectivity index (χ1n) is 3.84. The van der Waals surface area contributed by atoms with Crippen molar-refractivity contribution in [2.45, 2.75) is 6.54 Å². The zero-order valence-electron chi connectivity index (χ0n) is 7.84. The molecule has 0 aromatic carbocycles. The first-order valence-corrected chi connectivity index (χ1v) is 3.84. The number of carboxylic acids is 1. The Balaban J connectivity index is 2.69. The topological polar surface area (TPSA) is 88.3 Å². The van der Waals surface area contributed by atoms with Crippen LogP contribution in [-0.4, -0.2) is 51.0 Å². The molecule has 1 heterocycles. The lowest BCUT2D eigenvalue weighted by Gasteiger charge is -2.08. The minimum absolute atomic E-state index is 0.0553. The third kappa shape index (κ3) is 2.28. The molecule has 0 aliphatic rings. The number of hydrogen-bond acceptors (Lipinski definition) is 4. The van der Waals surface area contributed by atoms with Crippen LogP contribution in [0.3, 0.4) is 0 Å². The maximum atomic E-state index is 11.2. The largest absolute Gasteiger partial charge is 0.476 e. The lowest BCUT2D eigenvalue weighted by molar-refractivity contribution is -0.129. The average molecular weight is 198 g/mol. The van der Waals surface area contributed by atoms with Gasteiger partial charge in [-0.05, 0) is 0 Å². The molecule has 7 heteroatoms. The molecule has 0 fully saturated rings. The van der Waals surface area contributed by atoms with Crippen molar-refractivity contribution < 1.29 is 14.7 Å². The summed E-state index contributed by atoms with van der Waals surface area (Å²) in [6.45, 7) is -0.0553. The fraction of sp³-hybridized carbons (Fsp3) is 0.429. The minimum atomic E-state index is -1.16. The fourth-order valence-electron chi connectivity index (χ4n) is 0.734. The summed E-state index contributed by atoms with van der Waals surface area (Å²) < 4.78 is 0. The van der Waals surface area contributed by atoms with Gasteiger partial charge in [-0.3, -0.25) is 4.79 Å². The summed E-state index contributed by atoms with van der Waals surface area (Å²) >= 11 is 0. The number of carbonyl (C=O) groups is 2.